The van der Waals surface area contributed by atoms with Gasteiger partial charge in [0.05, 0.1) is 11.6 Å². The van der Waals surface area contributed by atoms with Crippen LogP contribution >= 0.6 is 0 Å². The monoisotopic (exact) mass is 358 g/mol. The molecule has 1 aromatic rings. The van der Waals surface area contributed by atoms with Gasteiger partial charge in [0.2, 0.25) is 0 Å². The highest BCUT2D eigenvalue weighted by atomic mass is 16.3. The second kappa shape index (κ2) is 9.53. The van der Waals surface area contributed by atoms with Crippen LogP contribution in [0.3, 0.4) is 0 Å². The minimum atomic E-state index is -0.496. The van der Waals surface area contributed by atoms with Crippen LogP contribution in [0.5, 0.6) is 0 Å². The van der Waals surface area contributed by atoms with E-state index in [9.17, 15) is 14.7 Å². The van der Waals surface area contributed by atoms with Crippen molar-refractivity contribution in [2.45, 2.75) is 52.0 Å². The molecule has 26 heavy (non-hydrogen) atoms. The Morgan fingerprint density at radius 2 is 1.81 bits per heavy atom. The number of carbonyl (C=O) groups is 2. The molecule has 1 unspecified atom stereocenters. The normalized spacial score (nSPS) is 17.5. The lowest BCUT2D eigenvalue weighted by atomic mass is 9.92. The first kappa shape index (κ1) is 20.2. The van der Waals surface area contributed by atoms with E-state index in [1.807, 2.05) is 44.2 Å². The molecular weight excluding hydrogens is 328 g/mol. The number of rotatable bonds is 10. The maximum Gasteiger partial charge on any atom is 0.290 e. The smallest absolute Gasteiger partial charge is 0.290 e. The van der Waals surface area contributed by atoms with Crippen LogP contribution in [0.25, 0.3) is 0 Å². The Balaban J connectivity index is 2.25. The van der Waals surface area contributed by atoms with Crippen molar-refractivity contribution in [3.05, 3.63) is 47.2 Å². The van der Waals surface area contributed by atoms with Crippen LogP contribution in [0.1, 0.15) is 57.6 Å². The first-order chi connectivity index (χ1) is 12.5. The molecule has 1 atom stereocenters. The number of hydrogen-bond donors (Lipinski definition) is 2. The van der Waals surface area contributed by atoms with Gasteiger partial charge in [-0.2, -0.15) is 0 Å². The summed E-state index contributed by atoms with van der Waals surface area (Å²) in [5.41, 5.74) is 6.63. The lowest BCUT2D eigenvalue weighted by Crippen LogP contribution is -2.32. The summed E-state index contributed by atoms with van der Waals surface area (Å²) in [7, 11) is 0. The lowest BCUT2D eigenvalue weighted by Gasteiger charge is -2.27. The summed E-state index contributed by atoms with van der Waals surface area (Å²) in [6.45, 7) is 5.11. The van der Waals surface area contributed by atoms with Crippen LogP contribution in [0.2, 0.25) is 0 Å². The highest BCUT2D eigenvalue weighted by molar-refractivity contribution is 6.09. The number of Topliss-reactive ketones (excluding diaryl/α,β-unsaturated/α-hetero) is 1. The molecule has 1 heterocycles. The van der Waals surface area contributed by atoms with Crippen LogP contribution < -0.4 is 5.73 Å². The molecule has 0 saturated carbocycles. The van der Waals surface area contributed by atoms with Gasteiger partial charge in [0.1, 0.15) is 0 Å². The van der Waals surface area contributed by atoms with Crippen molar-refractivity contribution >= 4 is 11.7 Å². The van der Waals surface area contributed by atoms with Crippen molar-refractivity contribution in [2.75, 3.05) is 13.1 Å². The maximum absolute atomic E-state index is 12.7. The van der Waals surface area contributed by atoms with E-state index in [2.05, 4.69) is 0 Å². The van der Waals surface area contributed by atoms with E-state index in [1.165, 1.54) is 0 Å². The molecule has 0 radical (unpaired) electrons. The number of aliphatic hydroxyl groups excluding tert-OH is 1. The van der Waals surface area contributed by atoms with Crippen LogP contribution in [0.4, 0.5) is 0 Å². The van der Waals surface area contributed by atoms with Crippen molar-refractivity contribution in [3.63, 3.8) is 0 Å². The Bertz CT molecular complexity index is 652. The van der Waals surface area contributed by atoms with Gasteiger partial charge in [-0.05, 0) is 30.9 Å². The zero-order valence-electron chi connectivity index (χ0n) is 15.8. The molecule has 142 valence electrons. The number of nitrogens with two attached hydrogens (primary N) is 1. The Labute approximate surface area is 155 Å². The summed E-state index contributed by atoms with van der Waals surface area (Å²) >= 11 is 0. The molecule has 0 saturated heterocycles. The average molecular weight is 358 g/mol. The summed E-state index contributed by atoms with van der Waals surface area (Å²) in [4.78, 5) is 27.0. The van der Waals surface area contributed by atoms with Crippen LogP contribution in [0.15, 0.2) is 41.7 Å². The fraction of sp³-hybridized carbons (Fsp3) is 0.524. The third-order valence-corrected chi connectivity index (χ3v) is 4.67. The molecule has 5 heteroatoms. The second-order valence-electron chi connectivity index (χ2n) is 7.30. The van der Waals surface area contributed by atoms with E-state index in [-0.39, 0.29) is 23.0 Å². The van der Waals surface area contributed by atoms with Crippen molar-refractivity contribution in [1.82, 2.24) is 4.90 Å². The Morgan fingerprint density at radius 3 is 2.42 bits per heavy atom. The van der Waals surface area contributed by atoms with Gasteiger partial charge >= 0.3 is 0 Å². The van der Waals surface area contributed by atoms with E-state index in [4.69, 9.17) is 5.73 Å². The van der Waals surface area contributed by atoms with Crippen molar-refractivity contribution < 1.29 is 14.7 Å². The highest BCUT2D eigenvalue weighted by Crippen LogP contribution is 2.38. The fourth-order valence-corrected chi connectivity index (χ4v) is 3.41. The molecule has 5 nitrogen and oxygen atoms in total. The number of ketones is 1. The molecule has 3 N–H and O–H groups in total. The number of hydrogen-bond acceptors (Lipinski definition) is 4. The summed E-state index contributed by atoms with van der Waals surface area (Å²) in [5, 5.41) is 10.4. The number of amides is 1. The Morgan fingerprint density at radius 1 is 1.15 bits per heavy atom. The number of benzene rings is 1. The molecule has 1 aliphatic heterocycles. The van der Waals surface area contributed by atoms with Gasteiger partial charge in [-0.25, -0.2) is 0 Å². The van der Waals surface area contributed by atoms with Gasteiger partial charge in [0.15, 0.2) is 11.5 Å². The average Bonchev–Trinajstić information content (AvgIpc) is 2.86. The summed E-state index contributed by atoms with van der Waals surface area (Å²) < 4.78 is 0. The number of aliphatic hydroxyl groups is 1. The van der Waals surface area contributed by atoms with Crippen molar-refractivity contribution in [1.29, 1.82) is 0 Å². The molecule has 1 amide bonds. The maximum atomic E-state index is 12.7. The second-order valence-corrected chi connectivity index (χ2v) is 7.30. The number of nitrogens with zero attached hydrogens (tertiary/aromatic N) is 1. The lowest BCUT2D eigenvalue weighted by molar-refractivity contribution is -0.129. The fourth-order valence-electron chi connectivity index (χ4n) is 3.41. The molecule has 0 spiro atoms. The third kappa shape index (κ3) is 4.73. The van der Waals surface area contributed by atoms with Crippen molar-refractivity contribution in [3.8, 4) is 0 Å². The predicted molar refractivity (Wildman–Crippen MR) is 103 cm³/mol. The van der Waals surface area contributed by atoms with Gasteiger partial charge in [-0.3, -0.25) is 9.59 Å². The number of unbranched alkanes of at least 4 members (excludes halogenated alkanes) is 3. The molecule has 2 rings (SSSR count). The minimum Gasteiger partial charge on any atom is -0.503 e. The SMILES string of the molecule is CC(C)CC(=O)C1=C(O)C(=O)N(CCCCCCN)C1c1ccccc1. The molecule has 0 aliphatic carbocycles. The van der Waals surface area contributed by atoms with Crippen LogP contribution in [-0.2, 0) is 9.59 Å². The topological polar surface area (TPSA) is 83.6 Å². The minimum absolute atomic E-state index is 0.148. The summed E-state index contributed by atoms with van der Waals surface area (Å²) in [6.07, 6.45) is 4.11. The molecule has 0 aromatic heterocycles. The van der Waals surface area contributed by atoms with E-state index < -0.39 is 11.9 Å². The first-order valence-corrected chi connectivity index (χ1v) is 9.49. The zero-order valence-corrected chi connectivity index (χ0v) is 15.8. The van der Waals surface area contributed by atoms with E-state index in [0.717, 1.165) is 31.2 Å². The largest absolute Gasteiger partial charge is 0.503 e. The Hall–Kier alpha value is -2.14. The van der Waals surface area contributed by atoms with Crippen LogP contribution in [0, 0.1) is 5.92 Å². The predicted octanol–water partition coefficient (Wildman–Crippen LogP) is 3.52. The summed E-state index contributed by atoms with van der Waals surface area (Å²) in [5.74, 6) is -0.804. The summed E-state index contributed by atoms with van der Waals surface area (Å²) in [6, 6.07) is 8.99. The number of carbonyl (C=O) groups excluding carboxylic acids is 2. The standard InChI is InChI=1S/C21H30N2O3/c1-15(2)14-17(24)18-19(16-10-6-5-7-11-16)23(21(26)20(18)25)13-9-4-3-8-12-22/h5-7,10-11,15,19,25H,3-4,8-9,12-14,22H2,1-2H3. The molecule has 0 fully saturated rings. The van der Waals surface area contributed by atoms with Gasteiger partial charge in [0, 0.05) is 13.0 Å². The zero-order chi connectivity index (χ0) is 19.1. The van der Waals surface area contributed by atoms with E-state index in [1.54, 1.807) is 4.90 Å². The van der Waals surface area contributed by atoms with Crippen molar-refractivity contribution in [2.24, 2.45) is 11.7 Å². The van der Waals surface area contributed by atoms with Gasteiger partial charge in [-0.1, -0.05) is 57.0 Å². The van der Waals surface area contributed by atoms with Gasteiger partial charge in [0.25, 0.3) is 5.91 Å². The van der Waals surface area contributed by atoms with E-state index >= 15 is 0 Å². The quantitative estimate of drug-likeness (QED) is 0.627. The van der Waals surface area contributed by atoms with Gasteiger partial charge < -0.3 is 15.7 Å². The first-order valence-electron chi connectivity index (χ1n) is 9.49. The molecular formula is C21H30N2O3. The van der Waals surface area contributed by atoms with Crippen LogP contribution in [-0.4, -0.2) is 34.8 Å². The third-order valence-electron chi connectivity index (χ3n) is 4.67. The molecule has 1 aromatic carbocycles. The molecule has 1 aliphatic rings. The molecule has 0 bridgehead atoms. The van der Waals surface area contributed by atoms with Gasteiger partial charge in [-0.15, -0.1) is 0 Å². The van der Waals surface area contributed by atoms with E-state index in [0.29, 0.717) is 19.5 Å². The Kier molecular flexibility index (Phi) is 7.39. The highest BCUT2D eigenvalue weighted by Gasteiger charge is 2.42.